The highest BCUT2D eigenvalue weighted by Gasteiger charge is 2.28. The van der Waals surface area contributed by atoms with Gasteiger partial charge in [0.1, 0.15) is 0 Å². The molecule has 4 heterocycles. The highest BCUT2D eigenvalue weighted by Crippen LogP contribution is 2.52. The van der Waals surface area contributed by atoms with Crippen molar-refractivity contribution >= 4 is 88.2 Å². The third-order valence-corrected chi connectivity index (χ3v) is 19.2. The summed E-state index contributed by atoms with van der Waals surface area (Å²) in [5.41, 5.74) is 24.1. The van der Waals surface area contributed by atoms with Crippen LogP contribution >= 0.6 is 0 Å². The van der Waals surface area contributed by atoms with E-state index in [2.05, 4.69) is 369 Å². The molecular weight excluding hydrogens is 1190 g/mol. The first-order chi connectivity index (χ1) is 48.7. The van der Waals surface area contributed by atoms with Crippen molar-refractivity contribution in [1.29, 1.82) is 0 Å². The summed E-state index contributed by atoms with van der Waals surface area (Å²) in [7, 11) is 0. The summed E-state index contributed by atoms with van der Waals surface area (Å²) < 4.78 is 4.93. The monoisotopic (exact) mass is 1250 g/mol. The molecule has 6 heteroatoms. The van der Waals surface area contributed by atoms with E-state index in [4.69, 9.17) is 0 Å². The summed E-state index contributed by atoms with van der Waals surface area (Å²) >= 11 is 0. The van der Waals surface area contributed by atoms with Gasteiger partial charge in [0.15, 0.2) is 0 Å². The Balaban J connectivity index is 0.895. The topological polar surface area (TPSA) is 42.1 Å². The van der Waals surface area contributed by atoms with Crippen LogP contribution in [-0.4, -0.2) is 19.1 Å². The highest BCUT2D eigenvalue weighted by molar-refractivity contribution is 6.25. The molecule has 0 amide bonds. The zero-order valence-electron chi connectivity index (χ0n) is 53.5. The maximum absolute atomic E-state index is 4.52. The molecule has 0 aliphatic heterocycles. The van der Waals surface area contributed by atoms with E-state index in [-0.39, 0.29) is 0 Å². The largest absolute Gasteiger partial charge is 0.310 e. The lowest BCUT2D eigenvalue weighted by Gasteiger charge is -2.30. The normalized spacial score (nSPS) is 11.5. The number of aromatic nitrogens is 4. The third-order valence-electron chi connectivity index (χ3n) is 19.2. The van der Waals surface area contributed by atoms with Crippen LogP contribution in [0.3, 0.4) is 0 Å². The molecule has 18 rings (SSSR count). The van der Waals surface area contributed by atoms with Crippen LogP contribution in [-0.2, 0) is 0 Å². The number of pyridine rings is 2. The standard InChI is InChI=1S/C92H62N6/c1-7-25-65(26-8-1)89-81-53-51-75(57-85(81)97(71-35-15-5-16-36-71)91(89)67-29-11-3-12-30-67)95(73-47-43-63(44-48-73)69-33-23-55-93-61-69)87-59-83-78-40-20-22-42-80(78)88(60-84(83)77-39-19-21-41-79(77)87)96(74-49-45-64(46-50-74)70-34-24-56-94-62-70)76-52-54-82-86(58-76)98(72-37-17-6-18-38-72)92(68-31-13-4-14-32-68)90(82)66-27-9-2-10-28-66/h1-62H. The Morgan fingerprint density at radius 2 is 0.531 bits per heavy atom. The zero-order chi connectivity index (χ0) is 64.9. The van der Waals surface area contributed by atoms with Crippen molar-refractivity contribution in [3.63, 3.8) is 0 Å². The van der Waals surface area contributed by atoms with Gasteiger partial charge in [-0.25, -0.2) is 0 Å². The van der Waals surface area contributed by atoms with Gasteiger partial charge in [-0.2, -0.15) is 0 Å². The maximum Gasteiger partial charge on any atom is 0.0619 e. The predicted octanol–water partition coefficient (Wildman–Crippen LogP) is 24.8. The lowest BCUT2D eigenvalue weighted by atomic mass is 9.93. The van der Waals surface area contributed by atoms with E-state index < -0.39 is 0 Å². The SMILES string of the molecule is c1ccc(-c2c(-c3ccccc3)n(-c3ccccc3)c3cc(N(c4ccc(-c5cccnc5)cc4)c4cc5c6ccccc6c(N(c6ccc(-c7cccnc7)cc6)c6ccc7c(-c8ccccc8)c(-c8ccccc8)n(-c8ccccc8)c7c6)cc5c5ccccc45)ccc23)cc1. The van der Waals surface area contributed by atoms with Crippen LogP contribution in [0.25, 0.3) is 133 Å². The summed E-state index contributed by atoms with van der Waals surface area (Å²) in [6, 6.07) is 128. The molecule has 0 aliphatic rings. The molecule has 14 aromatic carbocycles. The van der Waals surface area contributed by atoms with Crippen LogP contribution in [0, 0.1) is 0 Å². The van der Waals surface area contributed by atoms with E-state index in [0.717, 1.165) is 156 Å². The molecule has 0 atom stereocenters. The molecule has 0 aliphatic carbocycles. The van der Waals surface area contributed by atoms with Gasteiger partial charge < -0.3 is 18.9 Å². The number of fused-ring (bicyclic) bond motifs is 7. The second kappa shape index (κ2) is 24.6. The average Bonchev–Trinajstić information content (AvgIpc) is 1.18. The Kier molecular flexibility index (Phi) is 14.5. The number of hydrogen-bond donors (Lipinski definition) is 0. The van der Waals surface area contributed by atoms with Crippen molar-refractivity contribution in [2.24, 2.45) is 0 Å². The van der Waals surface area contributed by atoms with Gasteiger partial charge in [-0.1, -0.05) is 255 Å². The van der Waals surface area contributed by atoms with Crippen LogP contribution in [0.2, 0.25) is 0 Å². The lowest BCUT2D eigenvalue weighted by Crippen LogP contribution is -2.12. The van der Waals surface area contributed by atoms with E-state index in [0.29, 0.717) is 0 Å². The number of hydrogen-bond acceptors (Lipinski definition) is 4. The smallest absolute Gasteiger partial charge is 0.0619 e. The lowest BCUT2D eigenvalue weighted by molar-refractivity contribution is 1.13. The zero-order valence-corrected chi connectivity index (χ0v) is 53.5. The van der Waals surface area contributed by atoms with Crippen molar-refractivity contribution in [2.45, 2.75) is 0 Å². The second-order valence-corrected chi connectivity index (χ2v) is 24.9. The highest BCUT2D eigenvalue weighted by atomic mass is 15.2. The first kappa shape index (κ1) is 57.5. The molecule has 460 valence electrons. The molecular formula is C92H62N6. The van der Waals surface area contributed by atoms with E-state index >= 15 is 0 Å². The molecule has 0 N–H and O–H groups in total. The van der Waals surface area contributed by atoms with Gasteiger partial charge in [0.05, 0.1) is 33.8 Å². The van der Waals surface area contributed by atoms with Gasteiger partial charge >= 0.3 is 0 Å². The summed E-state index contributed by atoms with van der Waals surface area (Å²) in [6.07, 6.45) is 7.53. The molecule has 0 saturated carbocycles. The Morgan fingerprint density at radius 3 is 0.888 bits per heavy atom. The fourth-order valence-corrected chi connectivity index (χ4v) is 14.9. The number of rotatable bonds is 14. The number of anilines is 6. The Bertz CT molecular complexity index is 5550. The molecule has 0 saturated heterocycles. The van der Waals surface area contributed by atoms with Crippen LogP contribution in [0.1, 0.15) is 0 Å². The molecule has 0 unspecified atom stereocenters. The van der Waals surface area contributed by atoms with E-state index in [1.54, 1.807) is 0 Å². The Hall–Kier alpha value is -13.2. The molecule has 0 fully saturated rings. The quantitative estimate of drug-likeness (QED) is 0.102. The van der Waals surface area contributed by atoms with Gasteiger partial charge in [-0.05, 0) is 163 Å². The number of nitrogens with zero attached hydrogens (tertiary/aromatic N) is 6. The minimum atomic E-state index is 1.02. The van der Waals surface area contributed by atoms with Crippen molar-refractivity contribution in [1.82, 2.24) is 19.1 Å². The van der Waals surface area contributed by atoms with Gasteiger partial charge in [0, 0.05) is 91.6 Å². The summed E-state index contributed by atoms with van der Waals surface area (Å²) in [5, 5.41) is 9.10. The average molecular weight is 1250 g/mol. The minimum absolute atomic E-state index is 1.02. The van der Waals surface area contributed by atoms with Crippen molar-refractivity contribution in [3.8, 4) is 78.4 Å². The summed E-state index contributed by atoms with van der Waals surface area (Å²) in [5.74, 6) is 0. The van der Waals surface area contributed by atoms with Gasteiger partial charge in [-0.3, -0.25) is 9.97 Å². The van der Waals surface area contributed by atoms with Crippen molar-refractivity contribution in [3.05, 3.63) is 377 Å². The van der Waals surface area contributed by atoms with E-state index in [9.17, 15) is 0 Å². The van der Waals surface area contributed by atoms with Crippen LogP contribution in [0.15, 0.2) is 377 Å². The summed E-state index contributed by atoms with van der Waals surface area (Å²) in [4.78, 5) is 14.0. The van der Waals surface area contributed by atoms with Crippen LogP contribution < -0.4 is 9.80 Å². The van der Waals surface area contributed by atoms with Crippen LogP contribution in [0.4, 0.5) is 34.1 Å². The fraction of sp³-hybridized carbons (Fsp3) is 0. The molecule has 6 nitrogen and oxygen atoms in total. The van der Waals surface area contributed by atoms with Gasteiger partial charge in [0.25, 0.3) is 0 Å². The van der Waals surface area contributed by atoms with Crippen molar-refractivity contribution in [2.75, 3.05) is 9.80 Å². The van der Waals surface area contributed by atoms with Crippen LogP contribution in [0.5, 0.6) is 0 Å². The predicted molar refractivity (Wildman–Crippen MR) is 410 cm³/mol. The summed E-state index contributed by atoms with van der Waals surface area (Å²) in [6.45, 7) is 0. The maximum atomic E-state index is 4.52. The molecule has 0 spiro atoms. The van der Waals surface area contributed by atoms with E-state index in [1.165, 1.54) is 11.1 Å². The Labute approximate surface area is 568 Å². The number of benzene rings is 14. The Morgan fingerprint density at radius 1 is 0.214 bits per heavy atom. The van der Waals surface area contributed by atoms with Gasteiger partial charge in [0.2, 0.25) is 0 Å². The first-order valence-electron chi connectivity index (χ1n) is 33.3. The fourth-order valence-electron chi connectivity index (χ4n) is 14.9. The molecule has 0 radical (unpaired) electrons. The first-order valence-corrected chi connectivity index (χ1v) is 33.3. The molecule has 18 aromatic rings. The minimum Gasteiger partial charge on any atom is -0.310 e. The molecule has 98 heavy (non-hydrogen) atoms. The molecule has 0 bridgehead atoms. The number of para-hydroxylation sites is 2. The van der Waals surface area contributed by atoms with Crippen molar-refractivity contribution < 1.29 is 0 Å². The van der Waals surface area contributed by atoms with E-state index in [1.807, 2.05) is 36.9 Å². The third kappa shape index (κ3) is 10.1. The second-order valence-electron chi connectivity index (χ2n) is 24.9. The molecule has 4 aromatic heterocycles. The van der Waals surface area contributed by atoms with Gasteiger partial charge in [-0.15, -0.1) is 0 Å².